The van der Waals surface area contributed by atoms with Crippen molar-refractivity contribution >= 4 is 0 Å². The van der Waals surface area contributed by atoms with Gasteiger partial charge in [-0.15, -0.1) is 0 Å². The Labute approximate surface area is 110 Å². The second-order valence-corrected chi connectivity index (χ2v) is 4.62. The number of nitrogens with zero attached hydrogens (tertiary/aromatic N) is 2. The third-order valence-corrected chi connectivity index (χ3v) is 3.03. The first-order chi connectivity index (χ1) is 9.06. The molecule has 1 aromatic carbocycles. The van der Waals surface area contributed by atoms with Crippen LogP contribution in [0.15, 0.2) is 30.6 Å². The highest BCUT2D eigenvalue weighted by Gasteiger charge is 2.14. The van der Waals surface area contributed by atoms with Crippen molar-refractivity contribution in [3.63, 3.8) is 0 Å². The molecule has 1 unspecified atom stereocenters. The third-order valence-electron chi connectivity index (χ3n) is 3.03. The van der Waals surface area contributed by atoms with Crippen LogP contribution in [0.25, 0.3) is 0 Å². The van der Waals surface area contributed by atoms with Crippen LogP contribution >= 0.6 is 0 Å². The van der Waals surface area contributed by atoms with E-state index in [1.54, 1.807) is 10.9 Å². The molecule has 0 aliphatic carbocycles. The van der Waals surface area contributed by atoms with Gasteiger partial charge in [0, 0.05) is 25.2 Å². The molecule has 0 saturated heterocycles. The van der Waals surface area contributed by atoms with Gasteiger partial charge in [0.1, 0.15) is 11.6 Å². The fourth-order valence-electron chi connectivity index (χ4n) is 2.00. The predicted octanol–water partition coefficient (Wildman–Crippen LogP) is 2.23. The fraction of sp³-hybridized carbons (Fsp3) is 0.357. The van der Waals surface area contributed by atoms with E-state index in [0.29, 0.717) is 12.8 Å². The maximum atomic E-state index is 13.4. The van der Waals surface area contributed by atoms with E-state index in [1.165, 1.54) is 18.2 Å². The molecule has 102 valence electrons. The highest BCUT2D eigenvalue weighted by atomic mass is 19.1. The molecule has 3 nitrogen and oxygen atoms in total. The van der Waals surface area contributed by atoms with Crippen molar-refractivity contribution in [3.05, 3.63) is 53.4 Å². The van der Waals surface area contributed by atoms with Crippen LogP contribution in [0.1, 0.15) is 17.5 Å². The van der Waals surface area contributed by atoms with Crippen molar-refractivity contribution in [1.82, 2.24) is 9.78 Å². The summed E-state index contributed by atoms with van der Waals surface area (Å²) >= 11 is 0. The van der Waals surface area contributed by atoms with E-state index in [4.69, 9.17) is 0 Å². The Kier molecular flexibility index (Phi) is 4.27. The Hall–Kier alpha value is -1.75. The van der Waals surface area contributed by atoms with Crippen LogP contribution in [-0.2, 0) is 19.9 Å². The summed E-state index contributed by atoms with van der Waals surface area (Å²) < 4.78 is 28.5. The summed E-state index contributed by atoms with van der Waals surface area (Å²) in [6, 6.07) is 3.72. The van der Waals surface area contributed by atoms with Gasteiger partial charge in [0.25, 0.3) is 0 Å². The van der Waals surface area contributed by atoms with Crippen LogP contribution in [0.3, 0.4) is 0 Å². The molecule has 0 fully saturated rings. The number of aliphatic hydroxyl groups is 1. The van der Waals surface area contributed by atoms with Crippen molar-refractivity contribution in [2.45, 2.75) is 25.4 Å². The zero-order valence-corrected chi connectivity index (χ0v) is 10.7. The molecule has 2 aromatic rings. The minimum absolute atomic E-state index is 0.0151. The summed E-state index contributed by atoms with van der Waals surface area (Å²) in [6.07, 6.45) is 3.86. The van der Waals surface area contributed by atoms with E-state index in [9.17, 15) is 13.9 Å². The van der Waals surface area contributed by atoms with E-state index in [0.717, 1.165) is 5.56 Å². The second kappa shape index (κ2) is 5.93. The quantitative estimate of drug-likeness (QED) is 0.901. The van der Waals surface area contributed by atoms with Crippen molar-refractivity contribution in [2.75, 3.05) is 0 Å². The maximum Gasteiger partial charge on any atom is 0.129 e. The fourth-order valence-corrected chi connectivity index (χ4v) is 2.00. The normalized spacial score (nSPS) is 12.6. The number of halogens is 2. The standard InChI is InChI=1S/C14H16F2N2O/c1-18-9-10(8-17-18)5-6-11(19)7-12-13(15)3-2-4-14(12)16/h2-4,8-9,11,19H,5-7H2,1H3. The van der Waals surface area contributed by atoms with E-state index in [2.05, 4.69) is 5.10 Å². The Morgan fingerprint density at radius 1 is 1.32 bits per heavy atom. The summed E-state index contributed by atoms with van der Waals surface area (Å²) in [5, 5.41) is 13.9. The van der Waals surface area contributed by atoms with Crippen molar-refractivity contribution in [3.8, 4) is 0 Å². The van der Waals surface area contributed by atoms with Gasteiger partial charge in [0.2, 0.25) is 0 Å². The Morgan fingerprint density at radius 3 is 2.58 bits per heavy atom. The topological polar surface area (TPSA) is 38.0 Å². The molecule has 0 saturated carbocycles. The minimum atomic E-state index is -0.772. The van der Waals surface area contributed by atoms with Gasteiger partial charge >= 0.3 is 0 Å². The highest BCUT2D eigenvalue weighted by Crippen LogP contribution is 2.16. The lowest BCUT2D eigenvalue weighted by Gasteiger charge is -2.11. The van der Waals surface area contributed by atoms with E-state index >= 15 is 0 Å². The number of hydrogen-bond donors (Lipinski definition) is 1. The van der Waals surface area contributed by atoms with E-state index in [-0.39, 0.29) is 12.0 Å². The lowest BCUT2D eigenvalue weighted by molar-refractivity contribution is 0.162. The molecule has 1 heterocycles. The zero-order chi connectivity index (χ0) is 13.8. The van der Waals surface area contributed by atoms with Gasteiger partial charge < -0.3 is 5.11 Å². The Balaban J connectivity index is 1.92. The molecule has 0 radical (unpaired) electrons. The molecule has 0 spiro atoms. The number of aryl methyl sites for hydroxylation is 2. The first-order valence-corrected chi connectivity index (χ1v) is 6.14. The van der Waals surface area contributed by atoms with Crippen LogP contribution in [0.5, 0.6) is 0 Å². The van der Waals surface area contributed by atoms with Crippen LogP contribution in [0, 0.1) is 11.6 Å². The number of hydrogen-bond acceptors (Lipinski definition) is 2. The molecule has 19 heavy (non-hydrogen) atoms. The Morgan fingerprint density at radius 2 is 2.00 bits per heavy atom. The lowest BCUT2D eigenvalue weighted by Crippen LogP contribution is -2.14. The molecule has 5 heteroatoms. The molecule has 0 bridgehead atoms. The van der Waals surface area contributed by atoms with Crippen LogP contribution in [-0.4, -0.2) is 21.0 Å². The largest absolute Gasteiger partial charge is 0.393 e. The van der Waals surface area contributed by atoms with Crippen molar-refractivity contribution in [2.24, 2.45) is 7.05 Å². The third kappa shape index (κ3) is 3.61. The molecule has 0 amide bonds. The minimum Gasteiger partial charge on any atom is -0.393 e. The van der Waals surface area contributed by atoms with Crippen LogP contribution in [0.4, 0.5) is 8.78 Å². The van der Waals surface area contributed by atoms with Gasteiger partial charge in [0.05, 0.1) is 12.3 Å². The first kappa shape index (κ1) is 13.7. The Bertz CT molecular complexity index is 534. The van der Waals surface area contributed by atoms with E-state index in [1.807, 2.05) is 13.2 Å². The molecular weight excluding hydrogens is 250 g/mol. The molecule has 0 aliphatic rings. The average molecular weight is 266 g/mol. The first-order valence-electron chi connectivity index (χ1n) is 6.14. The monoisotopic (exact) mass is 266 g/mol. The molecule has 1 aromatic heterocycles. The molecule has 1 N–H and O–H groups in total. The SMILES string of the molecule is Cn1cc(CCC(O)Cc2c(F)cccc2F)cn1. The lowest BCUT2D eigenvalue weighted by atomic mass is 10.0. The van der Waals surface area contributed by atoms with Crippen LogP contribution in [0.2, 0.25) is 0 Å². The highest BCUT2D eigenvalue weighted by molar-refractivity contribution is 5.20. The summed E-state index contributed by atoms with van der Waals surface area (Å²) in [6.45, 7) is 0. The zero-order valence-electron chi connectivity index (χ0n) is 10.7. The molecule has 2 rings (SSSR count). The summed E-state index contributed by atoms with van der Waals surface area (Å²) in [4.78, 5) is 0. The predicted molar refractivity (Wildman–Crippen MR) is 67.6 cm³/mol. The maximum absolute atomic E-state index is 13.4. The molecular formula is C14H16F2N2O. The van der Waals surface area contributed by atoms with E-state index < -0.39 is 17.7 Å². The average Bonchev–Trinajstić information content (AvgIpc) is 2.77. The van der Waals surface area contributed by atoms with Crippen LogP contribution < -0.4 is 0 Å². The smallest absolute Gasteiger partial charge is 0.129 e. The number of aromatic nitrogens is 2. The molecule has 0 aliphatic heterocycles. The number of aliphatic hydroxyl groups excluding tert-OH is 1. The van der Waals surface area contributed by atoms with Gasteiger partial charge in [-0.2, -0.15) is 5.10 Å². The summed E-state index contributed by atoms with van der Waals surface area (Å²) in [7, 11) is 1.81. The van der Waals surface area contributed by atoms with Gasteiger partial charge in [-0.25, -0.2) is 8.78 Å². The van der Waals surface area contributed by atoms with Gasteiger partial charge in [-0.1, -0.05) is 6.07 Å². The number of benzene rings is 1. The van der Waals surface area contributed by atoms with Gasteiger partial charge in [-0.3, -0.25) is 4.68 Å². The second-order valence-electron chi connectivity index (χ2n) is 4.62. The van der Waals surface area contributed by atoms with Gasteiger partial charge in [-0.05, 0) is 30.5 Å². The molecule has 1 atom stereocenters. The summed E-state index contributed by atoms with van der Waals surface area (Å²) in [5.74, 6) is -1.22. The van der Waals surface area contributed by atoms with Crippen molar-refractivity contribution < 1.29 is 13.9 Å². The number of rotatable bonds is 5. The van der Waals surface area contributed by atoms with Gasteiger partial charge in [0.15, 0.2) is 0 Å². The van der Waals surface area contributed by atoms with Crippen molar-refractivity contribution in [1.29, 1.82) is 0 Å². The summed E-state index contributed by atoms with van der Waals surface area (Å²) in [5.41, 5.74) is 0.941.